The molecule has 0 atom stereocenters. The molecule has 1 amide bonds. The van der Waals surface area contributed by atoms with Crippen LogP contribution >= 0.6 is 0 Å². The lowest BCUT2D eigenvalue weighted by atomic mass is 10.1. The number of piperazine rings is 1. The topological polar surface area (TPSA) is 77.9 Å². The van der Waals surface area contributed by atoms with Crippen LogP contribution in [0.15, 0.2) is 36.4 Å². The van der Waals surface area contributed by atoms with Crippen molar-refractivity contribution < 1.29 is 14.6 Å². The summed E-state index contributed by atoms with van der Waals surface area (Å²) in [5, 5.41) is 12.9. The molecular weight excluding hydrogens is 344 g/mol. The van der Waals surface area contributed by atoms with E-state index in [2.05, 4.69) is 22.2 Å². The van der Waals surface area contributed by atoms with Gasteiger partial charge in [0.2, 0.25) is 0 Å². The van der Waals surface area contributed by atoms with Gasteiger partial charge in [-0.1, -0.05) is 12.1 Å². The van der Waals surface area contributed by atoms with Crippen molar-refractivity contribution in [2.45, 2.75) is 0 Å². The largest absolute Gasteiger partial charge is 0.508 e. The van der Waals surface area contributed by atoms with E-state index in [-0.39, 0.29) is 11.7 Å². The first kappa shape index (κ1) is 19.1. The van der Waals surface area contributed by atoms with E-state index in [0.717, 1.165) is 18.7 Å². The summed E-state index contributed by atoms with van der Waals surface area (Å²) in [5.41, 5.74) is 2.05. The number of aromatic hydroxyl groups is 1. The Morgan fingerprint density at radius 3 is 2.70 bits per heavy atom. The number of amides is 1. The second-order valence-electron chi connectivity index (χ2n) is 6.66. The highest BCUT2D eigenvalue weighted by Gasteiger charge is 2.23. The second kappa shape index (κ2) is 8.83. The Kier molecular flexibility index (Phi) is 6.26. The number of rotatable bonds is 6. The number of likely N-dealkylation sites (N-methyl/N-ethyl adjacent to an activating group) is 1. The molecule has 0 unspecified atom stereocenters. The van der Waals surface area contributed by atoms with Gasteiger partial charge in [0, 0.05) is 45.4 Å². The molecule has 1 aliphatic heterocycles. The highest BCUT2D eigenvalue weighted by atomic mass is 16.5. The first-order valence-electron chi connectivity index (χ1n) is 9.09. The Bertz CT molecular complexity index is 789. The molecule has 27 heavy (non-hydrogen) atoms. The maximum Gasteiger partial charge on any atom is 0.257 e. The minimum Gasteiger partial charge on any atom is -0.508 e. The van der Waals surface area contributed by atoms with Crippen molar-refractivity contribution in [2.75, 3.05) is 58.8 Å². The summed E-state index contributed by atoms with van der Waals surface area (Å²) >= 11 is 0. The lowest BCUT2D eigenvalue weighted by Crippen LogP contribution is -2.47. The molecule has 7 nitrogen and oxygen atoms in total. The van der Waals surface area contributed by atoms with E-state index in [4.69, 9.17) is 4.74 Å². The number of hydrogen-bond acceptors (Lipinski definition) is 6. The summed E-state index contributed by atoms with van der Waals surface area (Å²) in [4.78, 5) is 21.7. The van der Waals surface area contributed by atoms with Crippen LogP contribution in [0.1, 0.15) is 10.4 Å². The number of ether oxygens (including phenoxy) is 1. The van der Waals surface area contributed by atoms with E-state index in [0.29, 0.717) is 43.3 Å². The molecule has 1 aromatic heterocycles. The maximum absolute atomic E-state index is 13.0. The molecule has 144 valence electrons. The molecule has 1 aromatic carbocycles. The van der Waals surface area contributed by atoms with Crippen LogP contribution in [0.25, 0.3) is 11.3 Å². The van der Waals surface area contributed by atoms with Gasteiger partial charge >= 0.3 is 0 Å². The summed E-state index contributed by atoms with van der Waals surface area (Å²) < 4.78 is 5.10. The van der Waals surface area contributed by atoms with E-state index >= 15 is 0 Å². The Morgan fingerprint density at radius 1 is 1.22 bits per heavy atom. The van der Waals surface area contributed by atoms with E-state index in [1.807, 2.05) is 23.1 Å². The number of carbonyl (C=O) groups is 1. The third-order valence-corrected chi connectivity index (χ3v) is 4.66. The second-order valence-corrected chi connectivity index (χ2v) is 6.66. The third-order valence-electron chi connectivity index (χ3n) is 4.66. The van der Waals surface area contributed by atoms with Crippen LogP contribution in [0.4, 0.5) is 5.82 Å². The van der Waals surface area contributed by atoms with Crippen LogP contribution in [0.3, 0.4) is 0 Å². The number of pyridine rings is 1. The number of anilines is 1. The lowest BCUT2D eigenvalue weighted by molar-refractivity contribution is 0.0664. The lowest BCUT2D eigenvalue weighted by Gasteiger charge is -2.32. The molecule has 2 aromatic rings. The van der Waals surface area contributed by atoms with Crippen molar-refractivity contribution >= 4 is 11.7 Å². The summed E-state index contributed by atoms with van der Waals surface area (Å²) in [6.07, 6.45) is 0. The number of benzene rings is 1. The van der Waals surface area contributed by atoms with Gasteiger partial charge in [-0.25, -0.2) is 4.98 Å². The molecule has 2 heterocycles. The van der Waals surface area contributed by atoms with E-state index in [1.165, 1.54) is 0 Å². The fraction of sp³-hybridized carbons (Fsp3) is 0.400. The average molecular weight is 370 g/mol. The fourth-order valence-electron chi connectivity index (χ4n) is 3.04. The van der Waals surface area contributed by atoms with Gasteiger partial charge in [0.25, 0.3) is 5.91 Å². The molecule has 1 fully saturated rings. The highest BCUT2D eigenvalue weighted by molar-refractivity contribution is 5.99. The van der Waals surface area contributed by atoms with Crippen molar-refractivity contribution in [3.63, 3.8) is 0 Å². The van der Waals surface area contributed by atoms with Crippen LogP contribution < -0.4 is 5.32 Å². The van der Waals surface area contributed by atoms with Crippen molar-refractivity contribution in [2.24, 2.45) is 0 Å². The van der Waals surface area contributed by atoms with Gasteiger partial charge < -0.3 is 25.0 Å². The number of nitrogens with zero attached hydrogens (tertiary/aromatic N) is 3. The molecule has 0 spiro atoms. The number of methoxy groups -OCH3 is 1. The van der Waals surface area contributed by atoms with Gasteiger partial charge in [-0.3, -0.25) is 4.79 Å². The van der Waals surface area contributed by atoms with Crippen molar-refractivity contribution in [1.82, 2.24) is 14.8 Å². The minimum atomic E-state index is -0.0158. The maximum atomic E-state index is 13.0. The highest BCUT2D eigenvalue weighted by Crippen LogP contribution is 2.25. The van der Waals surface area contributed by atoms with E-state index in [1.54, 1.807) is 25.3 Å². The average Bonchev–Trinajstić information content (AvgIpc) is 2.68. The zero-order valence-corrected chi connectivity index (χ0v) is 15.8. The SMILES string of the molecule is COCCNc1nc(-c2cccc(O)c2)ccc1C(=O)N1CCN(C)CC1. The minimum absolute atomic E-state index is 0.0158. The molecule has 0 aliphatic carbocycles. The summed E-state index contributed by atoms with van der Waals surface area (Å²) in [6.45, 7) is 4.22. The molecular formula is C20H26N4O3. The van der Waals surface area contributed by atoms with Gasteiger partial charge in [-0.15, -0.1) is 0 Å². The molecule has 3 rings (SSSR count). The first-order chi connectivity index (χ1) is 13.1. The van der Waals surface area contributed by atoms with Gasteiger partial charge in [0.1, 0.15) is 11.6 Å². The van der Waals surface area contributed by atoms with Gasteiger partial charge in [-0.05, 0) is 31.3 Å². The van der Waals surface area contributed by atoms with Crippen LogP contribution in [0.2, 0.25) is 0 Å². The monoisotopic (exact) mass is 370 g/mol. The van der Waals surface area contributed by atoms with Crippen LogP contribution in [0, 0.1) is 0 Å². The Labute approximate surface area is 159 Å². The standard InChI is InChI=1S/C20H26N4O3/c1-23-9-11-24(12-10-23)20(26)17-6-7-18(15-4-3-5-16(25)14-15)22-19(17)21-8-13-27-2/h3-7,14,25H,8-13H2,1-2H3,(H,21,22). The number of phenolic OH excluding ortho intramolecular Hbond substituents is 1. The van der Waals surface area contributed by atoms with Gasteiger partial charge in [0.05, 0.1) is 17.9 Å². The zero-order chi connectivity index (χ0) is 19.2. The molecule has 0 saturated carbocycles. The number of phenols is 1. The molecule has 0 bridgehead atoms. The molecule has 0 radical (unpaired) electrons. The van der Waals surface area contributed by atoms with E-state index in [9.17, 15) is 9.90 Å². The Morgan fingerprint density at radius 2 is 2.00 bits per heavy atom. The summed E-state index contributed by atoms with van der Waals surface area (Å²) in [6, 6.07) is 10.5. The van der Waals surface area contributed by atoms with Gasteiger partial charge in [0.15, 0.2) is 0 Å². The fourth-order valence-corrected chi connectivity index (χ4v) is 3.04. The smallest absolute Gasteiger partial charge is 0.257 e. The number of aromatic nitrogens is 1. The Balaban J connectivity index is 1.88. The number of carbonyl (C=O) groups excluding carboxylic acids is 1. The Hall–Kier alpha value is -2.64. The molecule has 1 saturated heterocycles. The molecule has 7 heteroatoms. The predicted octanol–water partition coefficient (Wildman–Crippen LogP) is 1.90. The van der Waals surface area contributed by atoms with Crippen molar-refractivity contribution in [3.8, 4) is 17.0 Å². The van der Waals surface area contributed by atoms with Crippen molar-refractivity contribution in [1.29, 1.82) is 0 Å². The molecule has 2 N–H and O–H groups in total. The van der Waals surface area contributed by atoms with Crippen molar-refractivity contribution in [3.05, 3.63) is 42.0 Å². The molecule has 1 aliphatic rings. The zero-order valence-electron chi connectivity index (χ0n) is 15.8. The third kappa shape index (κ3) is 4.75. The summed E-state index contributed by atoms with van der Waals surface area (Å²) in [5.74, 6) is 0.704. The van der Waals surface area contributed by atoms with Crippen LogP contribution in [-0.2, 0) is 4.74 Å². The number of hydrogen-bond donors (Lipinski definition) is 2. The van der Waals surface area contributed by atoms with Gasteiger partial charge in [-0.2, -0.15) is 0 Å². The predicted molar refractivity (Wildman–Crippen MR) is 105 cm³/mol. The van der Waals surface area contributed by atoms with Crippen LogP contribution in [-0.4, -0.2) is 79.3 Å². The normalized spacial score (nSPS) is 15.0. The summed E-state index contributed by atoms with van der Waals surface area (Å²) in [7, 11) is 3.69. The first-order valence-corrected chi connectivity index (χ1v) is 9.09. The van der Waals surface area contributed by atoms with Crippen LogP contribution in [0.5, 0.6) is 5.75 Å². The number of nitrogens with one attached hydrogen (secondary N) is 1. The van der Waals surface area contributed by atoms with E-state index < -0.39 is 0 Å². The quantitative estimate of drug-likeness (QED) is 0.757.